The number of anilines is 2. The quantitative estimate of drug-likeness (QED) is 0.284. The van der Waals surface area contributed by atoms with E-state index in [9.17, 15) is 4.79 Å². The molecule has 0 radical (unpaired) electrons. The number of aryl methyl sites for hydroxylation is 2. The Labute approximate surface area is 213 Å². The van der Waals surface area contributed by atoms with Crippen molar-refractivity contribution in [1.82, 2.24) is 24.7 Å². The molecule has 0 saturated heterocycles. The van der Waals surface area contributed by atoms with Crippen molar-refractivity contribution in [3.8, 4) is 17.2 Å². The Morgan fingerprint density at radius 2 is 1.83 bits per heavy atom. The third kappa shape index (κ3) is 4.63. The first-order valence-corrected chi connectivity index (χ1v) is 11.8. The van der Waals surface area contributed by atoms with E-state index in [0.29, 0.717) is 28.3 Å². The molecule has 5 rings (SSSR count). The highest BCUT2D eigenvalue weighted by atomic mass is 35.5. The van der Waals surface area contributed by atoms with Crippen LogP contribution in [0.15, 0.2) is 66.9 Å². The summed E-state index contributed by atoms with van der Waals surface area (Å²) in [6.07, 6.45) is 1.46. The maximum atomic E-state index is 12.7. The van der Waals surface area contributed by atoms with Gasteiger partial charge in [-0.1, -0.05) is 29.8 Å². The molecule has 0 aliphatic heterocycles. The van der Waals surface area contributed by atoms with Crippen LogP contribution in [0.4, 0.5) is 11.6 Å². The first-order valence-electron chi connectivity index (χ1n) is 11.4. The number of hydrogen-bond acceptors (Lipinski definition) is 7. The second-order valence-corrected chi connectivity index (χ2v) is 8.64. The summed E-state index contributed by atoms with van der Waals surface area (Å²) in [4.78, 5) is 26.6. The summed E-state index contributed by atoms with van der Waals surface area (Å²) in [6.45, 7) is 5.91. The zero-order valence-corrected chi connectivity index (χ0v) is 20.7. The molecule has 0 amide bonds. The van der Waals surface area contributed by atoms with Crippen LogP contribution in [0.3, 0.4) is 0 Å². The second kappa shape index (κ2) is 9.75. The topological polar surface area (TPSA) is 94.8 Å². The molecular weight excluding hydrogens is 476 g/mol. The van der Waals surface area contributed by atoms with Crippen molar-refractivity contribution in [2.75, 3.05) is 11.9 Å². The minimum Gasteiger partial charge on any atom is -0.462 e. The zero-order chi connectivity index (χ0) is 25.2. The first kappa shape index (κ1) is 23.4. The Bertz CT molecular complexity index is 1580. The molecule has 0 bridgehead atoms. The molecule has 1 N–H and O–H groups in total. The molecule has 0 spiro atoms. The maximum Gasteiger partial charge on any atom is 0.343 e. The van der Waals surface area contributed by atoms with Gasteiger partial charge >= 0.3 is 5.97 Å². The third-order valence-corrected chi connectivity index (χ3v) is 5.84. The summed E-state index contributed by atoms with van der Waals surface area (Å²) >= 11 is 6.03. The number of rotatable bonds is 6. The van der Waals surface area contributed by atoms with Crippen LogP contribution in [0.1, 0.15) is 28.5 Å². The van der Waals surface area contributed by atoms with Gasteiger partial charge in [-0.2, -0.15) is 9.78 Å². The standard InChI is InChI=1S/C27H23ClN6O2/c1-4-36-27(35)21-15-29-25(18-9-11-19(28)12-10-18)32-26(21)31-24-14-17(3)33-34(24)23-13-16(2)20-7-5-6-8-22(20)30-23/h5-15H,4H2,1-3H3,(H,29,31,32). The summed E-state index contributed by atoms with van der Waals surface area (Å²) < 4.78 is 6.94. The summed E-state index contributed by atoms with van der Waals surface area (Å²) in [5.74, 6) is 1.45. The number of carbonyl (C=O) groups is 1. The molecule has 0 fully saturated rings. The van der Waals surface area contributed by atoms with Gasteiger partial charge in [0.1, 0.15) is 17.2 Å². The fraction of sp³-hybridized carbons (Fsp3) is 0.148. The average Bonchev–Trinajstić information content (AvgIpc) is 3.24. The molecule has 3 heterocycles. The van der Waals surface area contributed by atoms with Crippen LogP contribution in [0.25, 0.3) is 28.1 Å². The number of hydrogen-bond donors (Lipinski definition) is 1. The van der Waals surface area contributed by atoms with Crippen molar-refractivity contribution < 1.29 is 9.53 Å². The van der Waals surface area contributed by atoms with Crippen molar-refractivity contribution in [2.24, 2.45) is 0 Å². The lowest BCUT2D eigenvalue weighted by Gasteiger charge is -2.14. The molecule has 0 saturated carbocycles. The number of para-hydroxylation sites is 1. The predicted octanol–water partition coefficient (Wildman–Crippen LogP) is 6.07. The van der Waals surface area contributed by atoms with Crippen LogP contribution in [0.2, 0.25) is 5.02 Å². The number of aromatic nitrogens is 5. The molecule has 180 valence electrons. The SMILES string of the molecule is CCOC(=O)c1cnc(-c2ccc(Cl)cc2)nc1Nc1cc(C)nn1-c1cc(C)c2ccccc2n1. The minimum atomic E-state index is -0.523. The minimum absolute atomic E-state index is 0.211. The maximum absolute atomic E-state index is 12.7. The summed E-state index contributed by atoms with van der Waals surface area (Å²) in [7, 11) is 0. The van der Waals surface area contributed by atoms with E-state index in [1.165, 1.54) is 6.20 Å². The average molecular weight is 499 g/mol. The lowest BCUT2D eigenvalue weighted by atomic mass is 10.1. The number of ether oxygens (including phenoxy) is 1. The highest BCUT2D eigenvalue weighted by Crippen LogP contribution is 2.27. The summed E-state index contributed by atoms with van der Waals surface area (Å²) in [5.41, 5.74) is 3.69. The molecule has 5 aromatic rings. The Morgan fingerprint density at radius 3 is 2.61 bits per heavy atom. The third-order valence-electron chi connectivity index (χ3n) is 5.59. The second-order valence-electron chi connectivity index (χ2n) is 8.21. The molecule has 8 nitrogen and oxygen atoms in total. The smallest absolute Gasteiger partial charge is 0.343 e. The Balaban J connectivity index is 1.60. The largest absolute Gasteiger partial charge is 0.462 e. The van der Waals surface area contributed by atoms with E-state index in [0.717, 1.165) is 27.7 Å². The van der Waals surface area contributed by atoms with Crippen LogP contribution in [0, 0.1) is 13.8 Å². The van der Waals surface area contributed by atoms with Gasteiger partial charge in [0.05, 0.1) is 17.8 Å². The van der Waals surface area contributed by atoms with Crippen LogP contribution >= 0.6 is 11.6 Å². The number of esters is 1. The molecule has 36 heavy (non-hydrogen) atoms. The highest BCUT2D eigenvalue weighted by Gasteiger charge is 2.19. The van der Waals surface area contributed by atoms with Crippen molar-refractivity contribution in [1.29, 1.82) is 0 Å². The summed E-state index contributed by atoms with van der Waals surface area (Å²) in [5, 5.41) is 9.60. The molecule has 0 unspecified atom stereocenters. The van der Waals surface area contributed by atoms with Crippen LogP contribution in [-0.2, 0) is 4.74 Å². The van der Waals surface area contributed by atoms with Gasteiger partial charge in [-0.05, 0) is 62.7 Å². The fourth-order valence-corrected chi connectivity index (χ4v) is 4.02. The number of fused-ring (bicyclic) bond motifs is 1. The molecular formula is C27H23ClN6O2. The highest BCUT2D eigenvalue weighted by molar-refractivity contribution is 6.30. The van der Waals surface area contributed by atoms with E-state index >= 15 is 0 Å². The van der Waals surface area contributed by atoms with E-state index in [-0.39, 0.29) is 12.2 Å². The van der Waals surface area contributed by atoms with Gasteiger partial charge in [0.25, 0.3) is 0 Å². The fourth-order valence-electron chi connectivity index (χ4n) is 3.90. The Hall–Kier alpha value is -4.30. The summed E-state index contributed by atoms with van der Waals surface area (Å²) in [6, 6.07) is 19.0. The van der Waals surface area contributed by atoms with Crippen molar-refractivity contribution >= 4 is 40.1 Å². The molecule has 3 aromatic heterocycles. The van der Waals surface area contributed by atoms with Gasteiger partial charge in [-0.15, -0.1) is 0 Å². The number of nitrogens with zero attached hydrogens (tertiary/aromatic N) is 5. The van der Waals surface area contributed by atoms with E-state index in [1.807, 2.05) is 62.4 Å². The van der Waals surface area contributed by atoms with Crippen molar-refractivity contribution in [2.45, 2.75) is 20.8 Å². The number of halogens is 1. The van der Waals surface area contributed by atoms with Gasteiger partial charge in [0, 0.05) is 28.2 Å². The van der Waals surface area contributed by atoms with Gasteiger partial charge in [0.15, 0.2) is 11.6 Å². The number of nitrogens with one attached hydrogen (secondary N) is 1. The number of pyridine rings is 1. The molecule has 9 heteroatoms. The molecule has 0 aliphatic rings. The zero-order valence-electron chi connectivity index (χ0n) is 20.0. The van der Waals surface area contributed by atoms with E-state index in [1.54, 1.807) is 23.7 Å². The normalized spacial score (nSPS) is 11.0. The van der Waals surface area contributed by atoms with E-state index < -0.39 is 5.97 Å². The molecule has 2 aromatic carbocycles. The van der Waals surface area contributed by atoms with E-state index in [4.69, 9.17) is 21.3 Å². The van der Waals surface area contributed by atoms with Crippen LogP contribution in [0.5, 0.6) is 0 Å². The van der Waals surface area contributed by atoms with Crippen molar-refractivity contribution in [3.63, 3.8) is 0 Å². The molecule has 0 aliphatic carbocycles. The van der Waals surface area contributed by atoms with Crippen molar-refractivity contribution in [3.05, 3.63) is 88.7 Å². The number of benzene rings is 2. The lowest BCUT2D eigenvalue weighted by Crippen LogP contribution is -2.13. The van der Waals surface area contributed by atoms with Crippen LogP contribution < -0.4 is 5.32 Å². The lowest BCUT2D eigenvalue weighted by molar-refractivity contribution is 0.0526. The van der Waals surface area contributed by atoms with Gasteiger partial charge in [0.2, 0.25) is 0 Å². The monoisotopic (exact) mass is 498 g/mol. The Kier molecular flexibility index (Phi) is 6.35. The van der Waals surface area contributed by atoms with Gasteiger partial charge in [-0.25, -0.2) is 19.7 Å². The van der Waals surface area contributed by atoms with Gasteiger partial charge < -0.3 is 10.1 Å². The van der Waals surface area contributed by atoms with Gasteiger partial charge in [-0.3, -0.25) is 0 Å². The molecule has 0 atom stereocenters. The predicted molar refractivity (Wildman–Crippen MR) is 140 cm³/mol. The number of carbonyl (C=O) groups excluding carboxylic acids is 1. The van der Waals surface area contributed by atoms with Crippen LogP contribution in [-0.4, -0.2) is 37.3 Å². The first-order chi connectivity index (χ1) is 17.4. The Morgan fingerprint density at radius 1 is 1.06 bits per heavy atom. The van der Waals surface area contributed by atoms with E-state index in [2.05, 4.69) is 20.4 Å².